The second-order valence-electron chi connectivity index (χ2n) is 5.41. The highest BCUT2D eigenvalue weighted by Gasteiger charge is 2.20. The number of hydrogen-bond donors (Lipinski definition) is 2. The van der Waals surface area contributed by atoms with Gasteiger partial charge < -0.3 is 11.2 Å². The van der Waals surface area contributed by atoms with Crippen molar-refractivity contribution < 1.29 is 4.79 Å². The number of nitrogens with one attached hydrogen (secondary N) is 1. The predicted octanol–water partition coefficient (Wildman–Crippen LogP) is 4.30. The highest BCUT2D eigenvalue weighted by Crippen LogP contribution is 2.29. The SMILES string of the molecule is C[C@H](Sc1nnc(-c2ccccc2Br)n1N)C(=O)Nc1ccc(Br)cc1. The van der Waals surface area contributed by atoms with Gasteiger partial charge in [0, 0.05) is 20.2 Å². The minimum absolute atomic E-state index is 0.136. The number of carbonyl (C=O) groups excluding carboxylic acids is 1. The Morgan fingerprint density at radius 3 is 2.54 bits per heavy atom. The Morgan fingerprint density at radius 2 is 1.85 bits per heavy atom. The smallest absolute Gasteiger partial charge is 0.237 e. The van der Waals surface area contributed by atoms with E-state index in [1.807, 2.05) is 48.5 Å². The van der Waals surface area contributed by atoms with Crippen LogP contribution >= 0.6 is 43.6 Å². The molecule has 9 heteroatoms. The Hall–Kier alpha value is -1.84. The van der Waals surface area contributed by atoms with Gasteiger partial charge >= 0.3 is 0 Å². The molecule has 0 fully saturated rings. The summed E-state index contributed by atoms with van der Waals surface area (Å²) in [6.45, 7) is 1.80. The Morgan fingerprint density at radius 1 is 1.15 bits per heavy atom. The number of thioether (sulfide) groups is 1. The predicted molar refractivity (Wildman–Crippen MR) is 111 cm³/mol. The van der Waals surface area contributed by atoms with Gasteiger partial charge in [-0.15, -0.1) is 10.2 Å². The molecule has 1 heterocycles. The van der Waals surface area contributed by atoms with Crippen LogP contribution in [0.25, 0.3) is 11.4 Å². The molecule has 0 saturated carbocycles. The lowest BCUT2D eigenvalue weighted by Gasteiger charge is -2.11. The first-order valence-electron chi connectivity index (χ1n) is 7.64. The summed E-state index contributed by atoms with van der Waals surface area (Å²) in [5.41, 5.74) is 1.56. The molecule has 1 aromatic heterocycles. The van der Waals surface area contributed by atoms with Gasteiger partial charge in [0.15, 0.2) is 5.82 Å². The molecule has 0 bridgehead atoms. The topological polar surface area (TPSA) is 85.8 Å². The van der Waals surface area contributed by atoms with Crippen LogP contribution in [0.4, 0.5) is 5.69 Å². The van der Waals surface area contributed by atoms with Gasteiger partial charge in [-0.25, -0.2) is 4.68 Å². The number of rotatable bonds is 5. The van der Waals surface area contributed by atoms with Crippen LogP contribution in [0.5, 0.6) is 0 Å². The van der Waals surface area contributed by atoms with E-state index in [9.17, 15) is 4.79 Å². The molecule has 2 aromatic carbocycles. The first kappa shape index (κ1) is 18.9. The standard InChI is InChI=1S/C17H15Br2N5OS/c1-10(16(25)21-12-8-6-11(18)7-9-12)26-17-23-22-15(24(17)20)13-4-2-3-5-14(13)19/h2-10H,20H2,1H3,(H,21,25)/t10-/m0/s1. The number of benzene rings is 2. The molecular formula is C17H15Br2N5OS. The van der Waals surface area contributed by atoms with Crippen molar-refractivity contribution in [3.8, 4) is 11.4 Å². The number of hydrogen-bond acceptors (Lipinski definition) is 5. The van der Waals surface area contributed by atoms with Crippen molar-refractivity contribution in [2.45, 2.75) is 17.3 Å². The molecule has 0 aliphatic heterocycles. The van der Waals surface area contributed by atoms with Crippen molar-refractivity contribution in [3.05, 3.63) is 57.5 Å². The Labute approximate surface area is 171 Å². The minimum atomic E-state index is -0.391. The van der Waals surface area contributed by atoms with E-state index in [1.165, 1.54) is 16.4 Å². The number of aromatic nitrogens is 3. The van der Waals surface area contributed by atoms with Gasteiger partial charge in [0.25, 0.3) is 0 Å². The number of anilines is 1. The zero-order chi connectivity index (χ0) is 18.7. The summed E-state index contributed by atoms with van der Waals surface area (Å²) < 4.78 is 3.22. The highest BCUT2D eigenvalue weighted by molar-refractivity contribution is 9.10. The maximum Gasteiger partial charge on any atom is 0.237 e. The van der Waals surface area contributed by atoms with Crippen molar-refractivity contribution >= 4 is 55.2 Å². The number of nitrogens with zero attached hydrogens (tertiary/aromatic N) is 3. The minimum Gasteiger partial charge on any atom is -0.335 e. The molecule has 134 valence electrons. The Balaban J connectivity index is 1.71. The van der Waals surface area contributed by atoms with Gasteiger partial charge in [-0.05, 0) is 43.3 Å². The van der Waals surface area contributed by atoms with E-state index in [4.69, 9.17) is 5.84 Å². The molecule has 0 unspecified atom stereocenters. The average Bonchev–Trinajstić information content (AvgIpc) is 2.98. The van der Waals surface area contributed by atoms with Gasteiger partial charge in [0.2, 0.25) is 11.1 Å². The first-order chi connectivity index (χ1) is 12.5. The molecule has 1 atom stereocenters. The van der Waals surface area contributed by atoms with Crippen molar-refractivity contribution in [2.24, 2.45) is 0 Å². The second kappa shape index (κ2) is 8.24. The summed E-state index contributed by atoms with van der Waals surface area (Å²) in [5, 5.41) is 11.2. The van der Waals surface area contributed by atoms with Gasteiger partial charge in [-0.1, -0.05) is 55.8 Å². The zero-order valence-corrected chi connectivity index (χ0v) is 17.7. The second-order valence-corrected chi connectivity index (χ2v) is 8.49. The largest absolute Gasteiger partial charge is 0.335 e. The first-order valence-corrected chi connectivity index (χ1v) is 10.1. The van der Waals surface area contributed by atoms with Crippen LogP contribution in [-0.4, -0.2) is 26.0 Å². The lowest BCUT2D eigenvalue weighted by molar-refractivity contribution is -0.115. The van der Waals surface area contributed by atoms with Crippen LogP contribution < -0.4 is 11.2 Å². The summed E-state index contributed by atoms with van der Waals surface area (Å²) in [7, 11) is 0. The third kappa shape index (κ3) is 4.28. The Kier molecular flexibility index (Phi) is 6.00. The van der Waals surface area contributed by atoms with E-state index in [0.29, 0.717) is 11.0 Å². The van der Waals surface area contributed by atoms with E-state index >= 15 is 0 Å². The maximum atomic E-state index is 12.4. The maximum absolute atomic E-state index is 12.4. The molecule has 1 amide bonds. The van der Waals surface area contributed by atoms with Gasteiger partial charge in [0.05, 0.1) is 5.25 Å². The molecule has 0 aliphatic carbocycles. The molecule has 26 heavy (non-hydrogen) atoms. The summed E-state index contributed by atoms with van der Waals surface area (Å²) in [5.74, 6) is 6.53. The molecule has 3 rings (SSSR count). The monoisotopic (exact) mass is 495 g/mol. The molecule has 3 aromatic rings. The average molecular weight is 497 g/mol. The van der Waals surface area contributed by atoms with Crippen LogP contribution in [0.2, 0.25) is 0 Å². The summed E-state index contributed by atoms with van der Waals surface area (Å²) >= 11 is 8.10. The van der Waals surface area contributed by atoms with E-state index < -0.39 is 5.25 Å². The molecule has 0 spiro atoms. The summed E-state index contributed by atoms with van der Waals surface area (Å²) in [6, 6.07) is 15.0. The summed E-state index contributed by atoms with van der Waals surface area (Å²) in [4.78, 5) is 12.4. The van der Waals surface area contributed by atoms with Crippen molar-refractivity contribution in [3.63, 3.8) is 0 Å². The fourth-order valence-corrected chi connectivity index (χ4v) is 3.67. The van der Waals surface area contributed by atoms with Gasteiger partial charge in [0.1, 0.15) is 0 Å². The van der Waals surface area contributed by atoms with Crippen molar-refractivity contribution in [1.29, 1.82) is 0 Å². The van der Waals surface area contributed by atoms with Crippen molar-refractivity contribution in [1.82, 2.24) is 14.9 Å². The quantitative estimate of drug-likeness (QED) is 0.406. The molecule has 0 saturated heterocycles. The molecular weight excluding hydrogens is 482 g/mol. The fraction of sp³-hybridized carbons (Fsp3) is 0.118. The third-order valence-electron chi connectivity index (χ3n) is 3.54. The van der Waals surface area contributed by atoms with Crippen LogP contribution in [0.1, 0.15) is 6.92 Å². The lowest BCUT2D eigenvalue weighted by Crippen LogP contribution is -2.23. The van der Waals surface area contributed by atoms with E-state index in [0.717, 1.165) is 20.2 Å². The van der Waals surface area contributed by atoms with Crippen molar-refractivity contribution in [2.75, 3.05) is 11.2 Å². The van der Waals surface area contributed by atoms with Crippen LogP contribution in [0.15, 0.2) is 62.6 Å². The highest BCUT2D eigenvalue weighted by atomic mass is 79.9. The van der Waals surface area contributed by atoms with E-state index in [1.54, 1.807) is 6.92 Å². The third-order valence-corrected chi connectivity index (χ3v) is 5.82. The molecule has 6 nitrogen and oxygen atoms in total. The number of carbonyl (C=O) groups is 1. The number of nitrogen functional groups attached to an aromatic ring is 1. The van der Waals surface area contributed by atoms with Crippen LogP contribution in [0.3, 0.4) is 0 Å². The van der Waals surface area contributed by atoms with E-state index in [2.05, 4.69) is 47.4 Å². The molecule has 0 aliphatic rings. The molecule has 3 N–H and O–H groups in total. The normalized spacial score (nSPS) is 12.0. The zero-order valence-electron chi connectivity index (χ0n) is 13.7. The number of halogens is 2. The Bertz CT molecular complexity index is 929. The van der Waals surface area contributed by atoms with Crippen LogP contribution in [0, 0.1) is 0 Å². The van der Waals surface area contributed by atoms with Gasteiger partial charge in [-0.2, -0.15) is 0 Å². The van der Waals surface area contributed by atoms with E-state index in [-0.39, 0.29) is 5.91 Å². The number of amides is 1. The molecule has 0 radical (unpaired) electrons. The lowest BCUT2D eigenvalue weighted by atomic mass is 10.2. The van der Waals surface area contributed by atoms with Crippen LogP contribution in [-0.2, 0) is 4.79 Å². The van der Waals surface area contributed by atoms with Gasteiger partial charge in [-0.3, -0.25) is 4.79 Å². The number of nitrogens with two attached hydrogens (primary N) is 1. The summed E-state index contributed by atoms with van der Waals surface area (Å²) in [6.07, 6.45) is 0. The fourth-order valence-electron chi connectivity index (χ4n) is 2.17.